The summed E-state index contributed by atoms with van der Waals surface area (Å²) in [5, 5.41) is 24.0. The quantitative estimate of drug-likeness (QED) is 0.568. The minimum Gasteiger partial charge on any atom is -0.508 e. The van der Waals surface area contributed by atoms with Crippen molar-refractivity contribution in [3.05, 3.63) is 64.7 Å². The molecule has 0 radical (unpaired) electrons. The van der Waals surface area contributed by atoms with E-state index >= 15 is 0 Å². The smallest absolute Gasteiger partial charge is 0.307 e. The summed E-state index contributed by atoms with van der Waals surface area (Å²) < 4.78 is 0. The first kappa shape index (κ1) is 17.3. The molecule has 4 rings (SSSR count). The van der Waals surface area contributed by atoms with E-state index in [1.54, 1.807) is 12.1 Å². The molecule has 0 bridgehead atoms. The Morgan fingerprint density at radius 1 is 1.12 bits per heavy atom. The number of nitrogens with one attached hydrogen (secondary N) is 3. The lowest BCUT2D eigenvalue weighted by Crippen LogP contribution is -2.53. The van der Waals surface area contributed by atoms with Gasteiger partial charge in [0.05, 0.1) is 18.1 Å². The second-order valence-corrected chi connectivity index (χ2v) is 7.27. The Bertz CT molecular complexity index is 817. The number of benzene rings is 2. The monoisotopic (exact) mass is 373 g/mol. The van der Waals surface area contributed by atoms with E-state index < -0.39 is 11.9 Å². The maximum absolute atomic E-state index is 12.0. The minimum atomic E-state index is -0.834. The molecule has 5 unspecified atom stereocenters. The van der Waals surface area contributed by atoms with Crippen molar-refractivity contribution in [3.8, 4) is 5.75 Å². The lowest BCUT2D eigenvalue weighted by Gasteiger charge is -2.39. The van der Waals surface area contributed by atoms with Gasteiger partial charge in [-0.1, -0.05) is 41.9 Å². The molecular formula is C19H20ClN3O3. The van der Waals surface area contributed by atoms with Gasteiger partial charge in [-0.05, 0) is 30.2 Å². The molecule has 7 heteroatoms. The van der Waals surface area contributed by atoms with E-state index in [1.165, 1.54) is 6.07 Å². The Hall–Kier alpha value is -2.12. The number of aliphatic carboxylic acids is 1. The van der Waals surface area contributed by atoms with Crippen LogP contribution >= 0.6 is 11.6 Å². The normalized spacial score (nSPS) is 30.7. The number of hydrogen-bond donors (Lipinski definition) is 5. The van der Waals surface area contributed by atoms with Crippen LogP contribution in [-0.4, -0.2) is 22.3 Å². The van der Waals surface area contributed by atoms with Crippen molar-refractivity contribution in [1.29, 1.82) is 0 Å². The first-order valence-electron chi connectivity index (χ1n) is 8.58. The molecule has 5 N–H and O–H groups in total. The van der Waals surface area contributed by atoms with Gasteiger partial charge in [0, 0.05) is 22.5 Å². The number of carboxylic acid groups (broad SMARTS) is 1. The molecule has 0 spiro atoms. The van der Waals surface area contributed by atoms with Crippen molar-refractivity contribution in [2.75, 3.05) is 0 Å². The van der Waals surface area contributed by atoms with Crippen molar-refractivity contribution < 1.29 is 15.0 Å². The third-order valence-electron chi connectivity index (χ3n) is 5.34. The van der Waals surface area contributed by atoms with Crippen LogP contribution in [0.15, 0.2) is 48.5 Å². The molecule has 0 saturated carbocycles. The van der Waals surface area contributed by atoms with Gasteiger partial charge in [0.1, 0.15) is 5.75 Å². The highest BCUT2D eigenvalue weighted by molar-refractivity contribution is 6.30. The zero-order valence-corrected chi connectivity index (χ0v) is 14.6. The summed E-state index contributed by atoms with van der Waals surface area (Å²) in [4.78, 5) is 12.0. The molecule has 5 atom stereocenters. The highest BCUT2D eigenvalue weighted by atomic mass is 35.5. The molecular weight excluding hydrogens is 354 g/mol. The predicted molar refractivity (Wildman–Crippen MR) is 97.5 cm³/mol. The number of aromatic hydroxyl groups is 1. The number of rotatable bonds is 3. The molecule has 0 amide bonds. The summed E-state index contributed by atoms with van der Waals surface area (Å²) in [6.45, 7) is 0. The maximum atomic E-state index is 12.0. The highest BCUT2D eigenvalue weighted by Crippen LogP contribution is 2.43. The molecule has 2 aromatic rings. The van der Waals surface area contributed by atoms with Crippen LogP contribution in [-0.2, 0) is 4.79 Å². The zero-order chi connectivity index (χ0) is 18.3. The Balaban J connectivity index is 1.66. The molecule has 6 nitrogen and oxygen atoms in total. The van der Waals surface area contributed by atoms with Gasteiger partial charge in [-0.3, -0.25) is 10.1 Å². The second-order valence-electron chi connectivity index (χ2n) is 6.83. The van der Waals surface area contributed by atoms with Gasteiger partial charge in [-0.25, -0.2) is 10.9 Å². The number of piperidine rings is 1. The van der Waals surface area contributed by atoms with Gasteiger partial charge in [0.25, 0.3) is 0 Å². The van der Waals surface area contributed by atoms with E-state index in [2.05, 4.69) is 16.2 Å². The zero-order valence-electron chi connectivity index (χ0n) is 13.9. The lowest BCUT2D eigenvalue weighted by atomic mass is 9.74. The molecule has 2 fully saturated rings. The third-order valence-corrected chi connectivity index (χ3v) is 5.58. The average Bonchev–Trinajstić information content (AvgIpc) is 3.07. The van der Waals surface area contributed by atoms with Gasteiger partial charge >= 0.3 is 5.97 Å². The number of hydrazine groups is 1. The van der Waals surface area contributed by atoms with Crippen molar-refractivity contribution >= 4 is 17.6 Å². The van der Waals surface area contributed by atoms with Gasteiger partial charge in [0.2, 0.25) is 0 Å². The summed E-state index contributed by atoms with van der Waals surface area (Å²) in [5.41, 5.74) is 8.08. The number of carbonyl (C=O) groups is 1. The maximum Gasteiger partial charge on any atom is 0.307 e. The Labute approximate surface area is 156 Å². The molecule has 2 heterocycles. The first-order chi connectivity index (χ1) is 12.5. The van der Waals surface area contributed by atoms with E-state index in [1.807, 2.05) is 30.3 Å². The van der Waals surface area contributed by atoms with Crippen molar-refractivity contribution in [3.63, 3.8) is 0 Å². The van der Waals surface area contributed by atoms with Crippen LogP contribution in [0.2, 0.25) is 5.02 Å². The summed E-state index contributed by atoms with van der Waals surface area (Å²) in [6, 6.07) is 14.2. The molecule has 2 aromatic carbocycles. The fraction of sp³-hybridized carbons (Fsp3) is 0.316. The second kappa shape index (κ2) is 6.89. The fourth-order valence-corrected chi connectivity index (χ4v) is 4.31. The number of phenolic OH excluding ortho intramolecular Hbond substituents is 1. The molecule has 136 valence electrons. The molecule has 2 aliphatic rings. The van der Waals surface area contributed by atoms with E-state index in [-0.39, 0.29) is 29.9 Å². The highest BCUT2D eigenvalue weighted by Gasteiger charge is 2.49. The number of hydrogen-bond acceptors (Lipinski definition) is 5. The SMILES string of the molecule is O=C(O)C1CC(c2cc(Cl)ccc2O)NC2NNC(c3ccccc3)C21. The number of halogens is 1. The summed E-state index contributed by atoms with van der Waals surface area (Å²) >= 11 is 6.07. The minimum absolute atomic E-state index is 0.108. The summed E-state index contributed by atoms with van der Waals surface area (Å²) in [6.07, 6.45) is 0.135. The average molecular weight is 374 g/mol. The number of fused-ring (bicyclic) bond motifs is 1. The van der Waals surface area contributed by atoms with Gasteiger partial charge < -0.3 is 10.2 Å². The largest absolute Gasteiger partial charge is 0.508 e. The van der Waals surface area contributed by atoms with E-state index in [0.29, 0.717) is 17.0 Å². The molecule has 0 aliphatic carbocycles. The summed E-state index contributed by atoms with van der Waals surface area (Å²) in [5.74, 6) is -1.45. The topological polar surface area (TPSA) is 93.6 Å². The lowest BCUT2D eigenvalue weighted by molar-refractivity contribution is -0.146. The van der Waals surface area contributed by atoms with Gasteiger partial charge in [-0.15, -0.1) is 0 Å². The number of phenols is 1. The van der Waals surface area contributed by atoms with E-state index in [9.17, 15) is 15.0 Å². The van der Waals surface area contributed by atoms with Crippen molar-refractivity contribution in [1.82, 2.24) is 16.2 Å². The Morgan fingerprint density at radius 2 is 1.88 bits per heavy atom. The first-order valence-corrected chi connectivity index (χ1v) is 8.95. The van der Waals surface area contributed by atoms with Crippen molar-refractivity contribution in [2.24, 2.45) is 11.8 Å². The number of carboxylic acids is 1. The summed E-state index contributed by atoms with van der Waals surface area (Å²) in [7, 11) is 0. The van der Waals surface area contributed by atoms with Crippen LogP contribution in [0, 0.1) is 11.8 Å². The third kappa shape index (κ3) is 3.05. The molecule has 2 aliphatic heterocycles. The Kier molecular flexibility index (Phi) is 4.58. The van der Waals surface area contributed by atoms with Gasteiger partial charge in [-0.2, -0.15) is 0 Å². The molecule has 0 aromatic heterocycles. The van der Waals surface area contributed by atoms with Crippen LogP contribution in [0.4, 0.5) is 0 Å². The van der Waals surface area contributed by atoms with Crippen LogP contribution in [0.25, 0.3) is 0 Å². The van der Waals surface area contributed by atoms with E-state index in [4.69, 9.17) is 11.6 Å². The predicted octanol–water partition coefficient (Wildman–Crippen LogP) is 2.57. The Morgan fingerprint density at radius 3 is 2.62 bits per heavy atom. The standard InChI is InChI=1S/C19H20ClN3O3/c20-11-6-7-15(24)12(8-11)14-9-13(19(25)26)16-17(22-23-18(16)21-14)10-4-2-1-3-5-10/h1-8,13-14,16-18,21-24H,9H2,(H,25,26). The fourth-order valence-electron chi connectivity index (χ4n) is 4.13. The van der Waals surface area contributed by atoms with Crippen molar-refractivity contribution in [2.45, 2.75) is 24.7 Å². The molecule has 2 saturated heterocycles. The van der Waals surface area contributed by atoms with Crippen LogP contribution < -0.4 is 16.2 Å². The van der Waals surface area contributed by atoms with Crippen LogP contribution in [0.1, 0.15) is 29.6 Å². The van der Waals surface area contributed by atoms with Crippen LogP contribution in [0.5, 0.6) is 5.75 Å². The van der Waals surface area contributed by atoms with E-state index in [0.717, 1.165) is 5.56 Å². The van der Waals surface area contributed by atoms with Gasteiger partial charge in [0.15, 0.2) is 0 Å². The molecule has 26 heavy (non-hydrogen) atoms. The van der Waals surface area contributed by atoms with Crippen LogP contribution in [0.3, 0.4) is 0 Å².